The van der Waals surface area contributed by atoms with Crippen LogP contribution in [0.1, 0.15) is 5.56 Å². The monoisotopic (exact) mass is 151 g/mol. The Morgan fingerprint density at radius 1 is 1.27 bits per heavy atom. The molecule has 2 heteroatoms. The number of rotatable bonds is 2. The molecule has 0 bridgehead atoms. The fourth-order valence-electron chi connectivity index (χ4n) is 0.881. The van der Waals surface area contributed by atoms with Gasteiger partial charge in [-0.15, -0.1) is 0 Å². The molecule has 60 valence electrons. The first-order valence-electron chi connectivity index (χ1n) is 3.62. The van der Waals surface area contributed by atoms with Crippen LogP contribution < -0.4 is 4.90 Å². The molecule has 0 spiro atoms. The van der Waals surface area contributed by atoms with Crippen LogP contribution in [-0.2, 0) is 0 Å². The predicted octanol–water partition coefficient (Wildman–Crippen LogP) is 1.38. The van der Waals surface area contributed by atoms with E-state index in [-0.39, 0.29) is 6.73 Å². The van der Waals surface area contributed by atoms with Gasteiger partial charge < -0.3 is 10.0 Å². The molecule has 1 aromatic rings. The Hall–Kier alpha value is -1.02. The zero-order chi connectivity index (χ0) is 8.27. The molecule has 1 N–H and O–H groups in total. The summed E-state index contributed by atoms with van der Waals surface area (Å²) in [6.07, 6.45) is 0. The van der Waals surface area contributed by atoms with Crippen LogP contribution in [0.3, 0.4) is 0 Å². The normalized spacial score (nSPS) is 9.73. The molecule has 0 unspecified atom stereocenters. The molecule has 0 atom stereocenters. The van der Waals surface area contributed by atoms with Crippen LogP contribution in [0.5, 0.6) is 0 Å². The van der Waals surface area contributed by atoms with Crippen molar-refractivity contribution in [2.24, 2.45) is 0 Å². The number of aliphatic hydroxyl groups is 1. The highest BCUT2D eigenvalue weighted by atomic mass is 16.3. The zero-order valence-electron chi connectivity index (χ0n) is 6.91. The largest absolute Gasteiger partial charge is 0.376 e. The van der Waals surface area contributed by atoms with Crippen molar-refractivity contribution < 1.29 is 5.11 Å². The van der Waals surface area contributed by atoms with E-state index in [1.165, 1.54) is 5.56 Å². The summed E-state index contributed by atoms with van der Waals surface area (Å²) in [5.41, 5.74) is 2.28. The molecule has 0 saturated heterocycles. The van der Waals surface area contributed by atoms with Crippen molar-refractivity contribution in [3.05, 3.63) is 29.8 Å². The minimum Gasteiger partial charge on any atom is -0.376 e. The summed E-state index contributed by atoms with van der Waals surface area (Å²) in [4.78, 5) is 1.78. The number of hydrogen-bond donors (Lipinski definition) is 1. The fraction of sp³-hybridized carbons (Fsp3) is 0.333. The number of hydrogen-bond acceptors (Lipinski definition) is 2. The van der Waals surface area contributed by atoms with Crippen LogP contribution in [0.15, 0.2) is 24.3 Å². The molecule has 0 aliphatic heterocycles. The molecule has 1 rings (SSSR count). The highest BCUT2D eigenvalue weighted by molar-refractivity contribution is 5.46. The third-order valence-corrected chi connectivity index (χ3v) is 1.69. The van der Waals surface area contributed by atoms with Crippen LogP contribution in [-0.4, -0.2) is 18.9 Å². The Balaban J connectivity index is 2.81. The molecule has 11 heavy (non-hydrogen) atoms. The van der Waals surface area contributed by atoms with E-state index in [0.717, 1.165) is 5.69 Å². The molecule has 0 heterocycles. The van der Waals surface area contributed by atoms with E-state index in [9.17, 15) is 0 Å². The number of aryl methyl sites for hydroxylation is 1. The van der Waals surface area contributed by atoms with Crippen LogP contribution in [0.4, 0.5) is 5.69 Å². The number of anilines is 1. The maximum absolute atomic E-state index is 8.78. The van der Waals surface area contributed by atoms with E-state index < -0.39 is 0 Å². The Morgan fingerprint density at radius 3 is 2.27 bits per heavy atom. The fourth-order valence-corrected chi connectivity index (χ4v) is 0.881. The van der Waals surface area contributed by atoms with E-state index in [4.69, 9.17) is 5.11 Å². The van der Waals surface area contributed by atoms with Gasteiger partial charge in [-0.2, -0.15) is 0 Å². The van der Waals surface area contributed by atoms with Gasteiger partial charge in [-0.25, -0.2) is 0 Å². The maximum Gasteiger partial charge on any atom is 0.115 e. The van der Waals surface area contributed by atoms with Gasteiger partial charge in [0.25, 0.3) is 0 Å². The van der Waals surface area contributed by atoms with Gasteiger partial charge in [0.15, 0.2) is 0 Å². The lowest BCUT2D eigenvalue weighted by molar-refractivity contribution is 0.298. The van der Waals surface area contributed by atoms with Gasteiger partial charge in [0.2, 0.25) is 0 Å². The Bertz CT molecular complexity index is 218. The topological polar surface area (TPSA) is 23.5 Å². The van der Waals surface area contributed by atoms with Crippen LogP contribution in [0.25, 0.3) is 0 Å². The second kappa shape index (κ2) is 3.39. The van der Waals surface area contributed by atoms with Gasteiger partial charge in [-0.05, 0) is 19.1 Å². The Kier molecular flexibility index (Phi) is 2.49. The van der Waals surface area contributed by atoms with Gasteiger partial charge >= 0.3 is 0 Å². The van der Waals surface area contributed by atoms with Crippen molar-refractivity contribution in [2.45, 2.75) is 6.92 Å². The first kappa shape index (κ1) is 8.08. The molecule has 0 aromatic heterocycles. The van der Waals surface area contributed by atoms with Gasteiger partial charge in [0.1, 0.15) is 6.73 Å². The first-order chi connectivity index (χ1) is 5.24. The summed E-state index contributed by atoms with van der Waals surface area (Å²) >= 11 is 0. The number of benzene rings is 1. The molecule has 0 aliphatic carbocycles. The van der Waals surface area contributed by atoms with Crippen molar-refractivity contribution >= 4 is 5.69 Å². The highest BCUT2D eigenvalue weighted by Crippen LogP contribution is 2.11. The molecule has 1 aromatic carbocycles. The SMILES string of the molecule is Cc1ccc(N(C)CO)cc1. The molecule has 0 radical (unpaired) electrons. The van der Waals surface area contributed by atoms with Crippen molar-refractivity contribution in [2.75, 3.05) is 18.7 Å². The summed E-state index contributed by atoms with van der Waals surface area (Å²) in [5, 5.41) is 8.78. The highest BCUT2D eigenvalue weighted by Gasteiger charge is 1.95. The summed E-state index contributed by atoms with van der Waals surface area (Å²) in [6, 6.07) is 8.04. The minimum absolute atomic E-state index is 0.0586. The third kappa shape index (κ3) is 1.95. The van der Waals surface area contributed by atoms with Crippen molar-refractivity contribution in [1.29, 1.82) is 0 Å². The second-order valence-corrected chi connectivity index (χ2v) is 2.67. The van der Waals surface area contributed by atoms with E-state index >= 15 is 0 Å². The lowest BCUT2D eigenvalue weighted by Gasteiger charge is -2.15. The summed E-state index contributed by atoms with van der Waals surface area (Å²) in [5.74, 6) is 0. The van der Waals surface area contributed by atoms with Crippen LogP contribution >= 0.6 is 0 Å². The van der Waals surface area contributed by atoms with E-state index in [1.807, 2.05) is 38.2 Å². The molecule has 2 nitrogen and oxygen atoms in total. The van der Waals surface area contributed by atoms with Crippen LogP contribution in [0.2, 0.25) is 0 Å². The molecular weight excluding hydrogens is 138 g/mol. The quantitative estimate of drug-likeness (QED) is 0.645. The van der Waals surface area contributed by atoms with Gasteiger partial charge in [0.05, 0.1) is 0 Å². The average molecular weight is 151 g/mol. The molecule has 0 fully saturated rings. The zero-order valence-corrected chi connectivity index (χ0v) is 6.91. The second-order valence-electron chi connectivity index (χ2n) is 2.67. The van der Waals surface area contributed by atoms with E-state index in [2.05, 4.69) is 0 Å². The molecule has 0 amide bonds. The molecule has 0 aliphatic rings. The maximum atomic E-state index is 8.78. The lowest BCUT2D eigenvalue weighted by Crippen LogP contribution is -2.17. The summed E-state index contributed by atoms with van der Waals surface area (Å²) in [6.45, 7) is 2.10. The van der Waals surface area contributed by atoms with Gasteiger partial charge in [-0.1, -0.05) is 17.7 Å². The van der Waals surface area contributed by atoms with Gasteiger partial charge in [0, 0.05) is 12.7 Å². The minimum atomic E-state index is 0.0586. The third-order valence-electron chi connectivity index (χ3n) is 1.69. The van der Waals surface area contributed by atoms with E-state index in [0.29, 0.717) is 0 Å². The standard InChI is InChI=1S/C9H13NO/c1-8-3-5-9(6-4-8)10(2)7-11/h3-6,11H,7H2,1-2H3. The van der Waals surface area contributed by atoms with Crippen LogP contribution in [0, 0.1) is 6.92 Å². The smallest absolute Gasteiger partial charge is 0.115 e. The van der Waals surface area contributed by atoms with E-state index in [1.54, 1.807) is 4.90 Å². The lowest BCUT2D eigenvalue weighted by atomic mass is 10.2. The Labute approximate surface area is 67.1 Å². The van der Waals surface area contributed by atoms with Crippen molar-refractivity contribution in [3.8, 4) is 0 Å². The predicted molar refractivity (Wildman–Crippen MR) is 46.7 cm³/mol. The molecule has 0 saturated carbocycles. The number of aliphatic hydroxyl groups excluding tert-OH is 1. The van der Waals surface area contributed by atoms with Gasteiger partial charge in [-0.3, -0.25) is 0 Å². The number of nitrogens with zero attached hydrogens (tertiary/aromatic N) is 1. The summed E-state index contributed by atoms with van der Waals surface area (Å²) < 4.78 is 0. The molecular formula is C9H13NO. The van der Waals surface area contributed by atoms with Crippen molar-refractivity contribution in [3.63, 3.8) is 0 Å². The Morgan fingerprint density at radius 2 is 1.82 bits per heavy atom. The first-order valence-corrected chi connectivity index (χ1v) is 3.62. The average Bonchev–Trinajstić information content (AvgIpc) is 2.05. The summed E-state index contributed by atoms with van der Waals surface area (Å²) in [7, 11) is 1.85. The van der Waals surface area contributed by atoms with Crippen molar-refractivity contribution in [1.82, 2.24) is 0 Å².